The number of carbonyl (C=O) groups excluding carboxylic acids is 1. The van der Waals surface area contributed by atoms with E-state index in [1.807, 2.05) is 0 Å². The first-order valence-electron chi connectivity index (χ1n) is 7.78. The van der Waals surface area contributed by atoms with Gasteiger partial charge in [-0.2, -0.15) is 0 Å². The third-order valence-corrected chi connectivity index (χ3v) is 3.93. The fourth-order valence-corrected chi connectivity index (χ4v) is 2.73. The van der Waals surface area contributed by atoms with E-state index in [2.05, 4.69) is 0 Å². The third-order valence-electron chi connectivity index (χ3n) is 3.93. The molecule has 0 aliphatic carbocycles. The van der Waals surface area contributed by atoms with Crippen LogP contribution in [-0.2, 0) is 11.3 Å². The van der Waals surface area contributed by atoms with Crippen LogP contribution in [-0.4, -0.2) is 13.1 Å². The summed E-state index contributed by atoms with van der Waals surface area (Å²) in [5.41, 5.74) is 0.400. The SMILES string of the molecule is COc1ccc2c(COC(=O)c3c(C)cc(=O)oc3C)cc(=O)oc2c1. The van der Waals surface area contributed by atoms with E-state index < -0.39 is 17.2 Å². The van der Waals surface area contributed by atoms with Crippen LogP contribution in [0.5, 0.6) is 5.75 Å². The zero-order chi connectivity index (χ0) is 18.8. The molecule has 3 rings (SSSR count). The maximum atomic E-state index is 12.4. The number of fused-ring (bicyclic) bond motifs is 1. The summed E-state index contributed by atoms with van der Waals surface area (Å²) in [6.45, 7) is 3.01. The van der Waals surface area contributed by atoms with Crippen molar-refractivity contribution in [2.75, 3.05) is 7.11 Å². The van der Waals surface area contributed by atoms with Crippen LogP contribution in [0.3, 0.4) is 0 Å². The van der Waals surface area contributed by atoms with Gasteiger partial charge >= 0.3 is 17.2 Å². The van der Waals surface area contributed by atoms with Gasteiger partial charge in [0.05, 0.1) is 7.11 Å². The first-order chi connectivity index (χ1) is 12.4. The van der Waals surface area contributed by atoms with Gasteiger partial charge < -0.3 is 18.3 Å². The fourth-order valence-electron chi connectivity index (χ4n) is 2.73. The average molecular weight is 356 g/mol. The molecule has 0 bridgehead atoms. The molecule has 0 unspecified atom stereocenters. The number of benzene rings is 1. The van der Waals surface area contributed by atoms with Gasteiger partial charge in [0, 0.05) is 29.1 Å². The first-order valence-corrected chi connectivity index (χ1v) is 7.78. The van der Waals surface area contributed by atoms with Crippen LogP contribution >= 0.6 is 0 Å². The normalized spacial score (nSPS) is 10.7. The van der Waals surface area contributed by atoms with E-state index in [1.165, 1.54) is 26.2 Å². The van der Waals surface area contributed by atoms with E-state index in [1.54, 1.807) is 25.1 Å². The summed E-state index contributed by atoms with van der Waals surface area (Å²) in [4.78, 5) is 35.5. The highest BCUT2D eigenvalue weighted by Crippen LogP contribution is 2.23. The molecule has 0 aliphatic heterocycles. The molecule has 0 spiro atoms. The second kappa shape index (κ2) is 6.87. The van der Waals surface area contributed by atoms with Crippen molar-refractivity contribution in [3.63, 3.8) is 0 Å². The van der Waals surface area contributed by atoms with Gasteiger partial charge in [0.25, 0.3) is 0 Å². The Morgan fingerprint density at radius 2 is 1.77 bits per heavy atom. The molecule has 1 aromatic carbocycles. The summed E-state index contributed by atoms with van der Waals surface area (Å²) < 4.78 is 20.5. The van der Waals surface area contributed by atoms with Crippen molar-refractivity contribution in [3.8, 4) is 5.75 Å². The molecule has 7 nitrogen and oxygen atoms in total. The molecule has 3 aromatic rings. The lowest BCUT2D eigenvalue weighted by Crippen LogP contribution is -2.13. The zero-order valence-corrected chi connectivity index (χ0v) is 14.5. The number of aryl methyl sites for hydroxylation is 2. The van der Waals surface area contributed by atoms with Crippen molar-refractivity contribution in [1.29, 1.82) is 0 Å². The van der Waals surface area contributed by atoms with Crippen LogP contribution < -0.4 is 16.0 Å². The quantitative estimate of drug-likeness (QED) is 0.524. The molecule has 0 radical (unpaired) electrons. The number of hydrogen-bond donors (Lipinski definition) is 0. The van der Waals surface area contributed by atoms with Gasteiger partial charge in [-0.15, -0.1) is 0 Å². The lowest BCUT2D eigenvalue weighted by molar-refractivity contribution is 0.0468. The van der Waals surface area contributed by atoms with Gasteiger partial charge in [0.2, 0.25) is 0 Å². The van der Waals surface area contributed by atoms with E-state index >= 15 is 0 Å². The van der Waals surface area contributed by atoms with Crippen molar-refractivity contribution in [1.82, 2.24) is 0 Å². The van der Waals surface area contributed by atoms with Gasteiger partial charge in [-0.25, -0.2) is 14.4 Å². The van der Waals surface area contributed by atoms with Crippen molar-refractivity contribution >= 4 is 16.9 Å². The summed E-state index contributed by atoms with van der Waals surface area (Å²) in [6.07, 6.45) is 0. The summed E-state index contributed by atoms with van der Waals surface area (Å²) >= 11 is 0. The van der Waals surface area contributed by atoms with Gasteiger partial charge in [-0.1, -0.05) is 0 Å². The predicted molar refractivity (Wildman–Crippen MR) is 92.6 cm³/mol. The summed E-state index contributed by atoms with van der Waals surface area (Å²) in [7, 11) is 1.51. The molecule has 134 valence electrons. The monoisotopic (exact) mass is 356 g/mol. The maximum absolute atomic E-state index is 12.4. The molecule has 0 N–H and O–H groups in total. The van der Waals surface area contributed by atoms with Crippen molar-refractivity contribution < 1.29 is 23.1 Å². The van der Waals surface area contributed by atoms with Crippen molar-refractivity contribution in [2.45, 2.75) is 20.5 Å². The van der Waals surface area contributed by atoms with Gasteiger partial charge in [0.15, 0.2) is 0 Å². The number of carbonyl (C=O) groups is 1. The molecule has 0 amide bonds. The Morgan fingerprint density at radius 1 is 1.04 bits per heavy atom. The second-order valence-electron chi connectivity index (χ2n) is 5.71. The topological polar surface area (TPSA) is 96.0 Å². The Balaban J connectivity index is 1.92. The van der Waals surface area contributed by atoms with Crippen LogP contribution in [0.2, 0.25) is 0 Å². The minimum atomic E-state index is -0.640. The zero-order valence-electron chi connectivity index (χ0n) is 14.5. The van der Waals surface area contributed by atoms with Crippen LogP contribution in [0.25, 0.3) is 11.0 Å². The molecule has 2 aromatic heterocycles. The lowest BCUT2D eigenvalue weighted by atomic mass is 10.1. The number of ether oxygens (including phenoxy) is 2. The molecule has 7 heteroatoms. The highest BCUT2D eigenvalue weighted by molar-refractivity contribution is 5.92. The number of esters is 1. The minimum Gasteiger partial charge on any atom is -0.497 e. The van der Waals surface area contributed by atoms with Crippen molar-refractivity contribution in [2.24, 2.45) is 0 Å². The molecule has 0 saturated carbocycles. The Kier molecular flexibility index (Phi) is 4.62. The van der Waals surface area contributed by atoms with Crippen LogP contribution in [0.4, 0.5) is 0 Å². The Bertz CT molecular complexity index is 1080. The lowest BCUT2D eigenvalue weighted by Gasteiger charge is -2.10. The van der Waals surface area contributed by atoms with Gasteiger partial charge in [-0.05, 0) is 31.5 Å². The molecule has 2 heterocycles. The molecule has 0 aliphatic rings. The molecule has 0 saturated heterocycles. The summed E-state index contributed by atoms with van der Waals surface area (Å²) in [5, 5.41) is 0.631. The largest absolute Gasteiger partial charge is 0.497 e. The fraction of sp³-hybridized carbons (Fsp3) is 0.211. The van der Waals surface area contributed by atoms with E-state index in [9.17, 15) is 14.4 Å². The molecule has 0 fully saturated rings. The van der Waals surface area contributed by atoms with Crippen molar-refractivity contribution in [3.05, 3.63) is 73.6 Å². The Morgan fingerprint density at radius 3 is 2.46 bits per heavy atom. The Hall–Kier alpha value is -3.35. The van der Waals surface area contributed by atoms with Gasteiger partial charge in [-0.3, -0.25) is 0 Å². The first kappa shape index (κ1) is 17.5. The third kappa shape index (κ3) is 3.37. The molecular weight excluding hydrogens is 340 g/mol. The molecular formula is C19H16O7. The summed E-state index contributed by atoms with van der Waals surface area (Å²) in [6, 6.07) is 7.52. The predicted octanol–water partition coefficient (Wildman–Crippen LogP) is 2.73. The van der Waals surface area contributed by atoms with E-state index in [4.69, 9.17) is 18.3 Å². The average Bonchev–Trinajstić information content (AvgIpc) is 2.57. The molecule has 26 heavy (non-hydrogen) atoms. The Labute approximate surface area is 147 Å². The highest BCUT2D eigenvalue weighted by atomic mass is 16.5. The van der Waals surface area contributed by atoms with Crippen LogP contribution in [0.15, 0.2) is 48.8 Å². The standard InChI is InChI=1S/C19H16O7/c1-10-6-16(20)25-11(2)18(10)19(22)24-9-12-7-17(21)26-15-8-13(23-3)4-5-14(12)15/h4-8H,9H2,1-3H3. The summed E-state index contributed by atoms with van der Waals surface area (Å²) in [5.74, 6) is 0.0844. The number of rotatable bonds is 4. The molecule has 0 atom stereocenters. The smallest absolute Gasteiger partial charge is 0.342 e. The maximum Gasteiger partial charge on any atom is 0.342 e. The minimum absolute atomic E-state index is 0.134. The van der Waals surface area contributed by atoms with Crippen LogP contribution in [0.1, 0.15) is 27.2 Å². The van der Waals surface area contributed by atoms with E-state index in [0.29, 0.717) is 27.8 Å². The number of methoxy groups -OCH3 is 1. The number of hydrogen-bond acceptors (Lipinski definition) is 7. The van der Waals surface area contributed by atoms with Gasteiger partial charge in [0.1, 0.15) is 29.3 Å². The van der Waals surface area contributed by atoms with E-state index in [0.717, 1.165) is 0 Å². The second-order valence-corrected chi connectivity index (χ2v) is 5.71. The van der Waals surface area contributed by atoms with Crippen LogP contribution in [0, 0.1) is 13.8 Å². The van der Waals surface area contributed by atoms with E-state index in [-0.39, 0.29) is 17.9 Å². The highest BCUT2D eigenvalue weighted by Gasteiger charge is 2.17.